The van der Waals surface area contributed by atoms with Crippen LogP contribution in [0.1, 0.15) is 28.8 Å². The van der Waals surface area contributed by atoms with Crippen molar-refractivity contribution in [3.05, 3.63) is 58.9 Å². The van der Waals surface area contributed by atoms with E-state index in [0.717, 1.165) is 7.11 Å². The number of carbonyl (C=O) groups is 5. The summed E-state index contributed by atoms with van der Waals surface area (Å²) >= 11 is 0. The number of allylic oxidation sites excluding steroid dienone is 1. The van der Waals surface area contributed by atoms with Crippen molar-refractivity contribution in [2.24, 2.45) is 23.5 Å². The fraction of sp³-hybridized carbons (Fsp3) is 0.321. The molecule has 7 N–H and O–H groups in total. The molecule has 0 bridgehead atoms. The van der Waals surface area contributed by atoms with Crippen molar-refractivity contribution in [3.63, 3.8) is 0 Å². The summed E-state index contributed by atoms with van der Waals surface area (Å²) in [6.45, 7) is 0. The third kappa shape index (κ3) is 3.95. The molecule has 12 heteroatoms. The van der Waals surface area contributed by atoms with Crippen LogP contribution in [-0.4, -0.2) is 68.6 Å². The lowest BCUT2D eigenvalue weighted by molar-refractivity contribution is -0.167. The van der Waals surface area contributed by atoms with Crippen LogP contribution in [-0.2, 0) is 30.3 Å². The molecule has 208 valence electrons. The zero-order valence-corrected chi connectivity index (χ0v) is 21.2. The van der Waals surface area contributed by atoms with Gasteiger partial charge in [-0.05, 0) is 60.1 Å². The van der Waals surface area contributed by atoms with Crippen LogP contribution in [0.2, 0.25) is 0 Å². The first kappa shape index (κ1) is 27.0. The zero-order valence-electron chi connectivity index (χ0n) is 21.2. The summed E-state index contributed by atoms with van der Waals surface area (Å²) in [6, 6.07) is 9.30. The molecule has 3 aliphatic rings. The minimum Gasteiger partial charge on any atom is -0.508 e. The molecule has 12 nitrogen and oxygen atoms in total. The Bertz CT molecular complexity index is 1510. The summed E-state index contributed by atoms with van der Waals surface area (Å²) in [5.74, 6) is -9.72. The summed E-state index contributed by atoms with van der Waals surface area (Å²) in [4.78, 5) is 61.8. The Morgan fingerprint density at radius 3 is 2.35 bits per heavy atom. The van der Waals surface area contributed by atoms with E-state index in [2.05, 4.69) is 10.1 Å². The summed E-state index contributed by atoms with van der Waals surface area (Å²) < 4.78 is 4.38. The third-order valence-electron chi connectivity index (χ3n) is 8.10. The first-order valence-electron chi connectivity index (χ1n) is 12.5. The van der Waals surface area contributed by atoms with Crippen molar-refractivity contribution >= 4 is 35.0 Å². The van der Waals surface area contributed by atoms with Gasteiger partial charge in [-0.15, -0.1) is 0 Å². The average Bonchev–Trinajstić information content (AvgIpc) is 2.90. The number of ketones is 2. The topological polar surface area (TPSA) is 214 Å². The first-order valence-corrected chi connectivity index (χ1v) is 12.5. The highest BCUT2D eigenvalue weighted by Gasteiger charge is 2.62. The minimum absolute atomic E-state index is 0.0446. The first-order chi connectivity index (χ1) is 18.9. The zero-order chi connectivity index (χ0) is 29.1. The molecule has 5 atom stereocenters. The number of phenols is 1. The lowest BCUT2D eigenvalue weighted by Gasteiger charge is -2.48. The van der Waals surface area contributed by atoms with Crippen LogP contribution in [0.3, 0.4) is 0 Å². The molecule has 2 amide bonds. The van der Waals surface area contributed by atoms with Gasteiger partial charge in [0.2, 0.25) is 5.91 Å². The Balaban J connectivity index is 1.55. The number of hydrogen-bond acceptors (Lipinski definition) is 10. The molecule has 0 heterocycles. The molecule has 0 spiro atoms. The van der Waals surface area contributed by atoms with E-state index in [-0.39, 0.29) is 36.1 Å². The summed E-state index contributed by atoms with van der Waals surface area (Å²) in [6.07, 6.45) is -1.45. The smallest absolute Gasteiger partial charge is 0.396 e. The van der Waals surface area contributed by atoms with Crippen LogP contribution in [0.5, 0.6) is 5.75 Å². The van der Waals surface area contributed by atoms with E-state index in [1.165, 1.54) is 6.07 Å². The molecule has 2 aromatic rings. The number of amides is 2. The molecule has 0 aromatic heterocycles. The second kappa shape index (κ2) is 9.57. The van der Waals surface area contributed by atoms with Gasteiger partial charge in [0.15, 0.2) is 17.2 Å². The summed E-state index contributed by atoms with van der Waals surface area (Å²) in [5, 5.41) is 46.0. The molecule has 3 aliphatic carbocycles. The number of hydrogen-bond donors (Lipinski definition) is 6. The molecule has 40 heavy (non-hydrogen) atoms. The normalized spacial score (nSPS) is 27.3. The van der Waals surface area contributed by atoms with Crippen LogP contribution in [0.25, 0.3) is 11.1 Å². The van der Waals surface area contributed by atoms with Crippen LogP contribution < -0.4 is 11.1 Å². The summed E-state index contributed by atoms with van der Waals surface area (Å²) in [5.41, 5.74) is 4.36. The maximum Gasteiger partial charge on any atom is 0.396 e. The number of aromatic hydroxyl groups is 1. The van der Waals surface area contributed by atoms with Crippen molar-refractivity contribution in [2.75, 3.05) is 12.4 Å². The Kier molecular flexibility index (Phi) is 6.47. The predicted octanol–water partition coefficient (Wildman–Crippen LogP) is 0.524. The van der Waals surface area contributed by atoms with Crippen molar-refractivity contribution < 1.29 is 49.1 Å². The van der Waals surface area contributed by atoms with Crippen LogP contribution in [0.4, 0.5) is 5.69 Å². The number of aliphatic hydroxyl groups excluding tert-OH is 2. The van der Waals surface area contributed by atoms with Crippen LogP contribution in [0.15, 0.2) is 47.7 Å². The lowest BCUT2D eigenvalue weighted by atomic mass is 9.57. The quantitative estimate of drug-likeness (QED) is 0.177. The number of nitrogens with one attached hydrogen (secondary N) is 1. The van der Waals surface area contributed by atoms with Crippen molar-refractivity contribution in [1.82, 2.24) is 0 Å². The number of primary amides is 1. The van der Waals surface area contributed by atoms with Crippen molar-refractivity contribution in [1.29, 1.82) is 0 Å². The SMILES string of the molecule is COC(=O)C(=O)Nc1ccc(-c2ccc(O)c3c2C[C@H]2C[C@H]4CC(O)C(C(N)=O)C(=O)[C@@]4(O)C(O)=C2C3=O)cc1. The van der Waals surface area contributed by atoms with Gasteiger partial charge in [0, 0.05) is 17.2 Å². The maximum absolute atomic E-state index is 13.7. The van der Waals surface area contributed by atoms with Gasteiger partial charge in [-0.3, -0.25) is 19.2 Å². The molecule has 2 aromatic carbocycles. The second-order valence-corrected chi connectivity index (χ2v) is 10.2. The van der Waals surface area contributed by atoms with Gasteiger partial charge >= 0.3 is 11.9 Å². The molecule has 1 saturated carbocycles. The number of esters is 1. The highest BCUT2D eigenvalue weighted by Crippen LogP contribution is 2.52. The molecule has 0 saturated heterocycles. The number of benzene rings is 2. The lowest BCUT2D eigenvalue weighted by Crippen LogP contribution is -2.63. The molecular formula is C28H26N2O10. The molecule has 2 unspecified atom stereocenters. The van der Waals surface area contributed by atoms with Crippen molar-refractivity contribution in [3.8, 4) is 16.9 Å². The van der Waals surface area contributed by atoms with Gasteiger partial charge in [-0.1, -0.05) is 18.2 Å². The van der Waals surface area contributed by atoms with Gasteiger partial charge in [0.25, 0.3) is 0 Å². The Hall–Kier alpha value is -4.55. The molecule has 0 aliphatic heterocycles. The molecule has 0 radical (unpaired) electrons. The van der Waals surface area contributed by atoms with Gasteiger partial charge in [0.1, 0.15) is 17.4 Å². The number of methoxy groups -OCH3 is 1. The Labute approximate surface area is 227 Å². The largest absolute Gasteiger partial charge is 0.508 e. The van der Waals surface area contributed by atoms with E-state index in [0.29, 0.717) is 22.4 Å². The van der Waals surface area contributed by atoms with Gasteiger partial charge in [-0.2, -0.15) is 0 Å². The second-order valence-electron chi connectivity index (χ2n) is 10.2. The molecule has 1 fully saturated rings. The number of Topliss-reactive ketones (excluding diaryl/α,β-unsaturated/α-hetero) is 2. The van der Waals surface area contributed by atoms with Gasteiger partial charge < -0.3 is 36.2 Å². The highest BCUT2D eigenvalue weighted by atomic mass is 16.5. The van der Waals surface area contributed by atoms with E-state index in [1.54, 1.807) is 30.3 Å². The Morgan fingerprint density at radius 2 is 1.73 bits per heavy atom. The van der Waals surface area contributed by atoms with E-state index >= 15 is 0 Å². The van der Waals surface area contributed by atoms with E-state index in [1.807, 2.05) is 0 Å². The number of anilines is 1. The Morgan fingerprint density at radius 1 is 1.05 bits per heavy atom. The number of ether oxygens (including phenoxy) is 1. The number of nitrogens with two attached hydrogens (primary N) is 1. The number of phenolic OH excluding ortho intramolecular Hbond substituents is 1. The number of carbonyl (C=O) groups excluding carboxylic acids is 5. The van der Waals surface area contributed by atoms with E-state index in [4.69, 9.17) is 5.73 Å². The fourth-order valence-electron chi connectivity index (χ4n) is 6.21. The molecule has 5 rings (SSSR count). The standard InChI is InChI=1S/C28H26N2O10/c1-40-27(38)26(37)30-14-4-2-11(3-5-14)15-6-7-17(31)20-16(15)9-12-8-13-10-18(32)21(25(29)36)24(35)28(13,39)23(34)19(12)22(20)33/h2-7,12-13,18,21,31-32,34,39H,8-10H2,1H3,(H2,29,36)(H,30,37)/t12-,13+,18?,21?,28+/m1/s1. The summed E-state index contributed by atoms with van der Waals surface area (Å²) in [7, 11) is 1.08. The van der Waals surface area contributed by atoms with Gasteiger partial charge in [0.05, 0.1) is 18.8 Å². The minimum atomic E-state index is -2.57. The highest BCUT2D eigenvalue weighted by molar-refractivity contribution is 6.37. The molecular weight excluding hydrogens is 524 g/mol. The average molecular weight is 551 g/mol. The predicted molar refractivity (Wildman–Crippen MR) is 137 cm³/mol. The van der Waals surface area contributed by atoms with Crippen molar-refractivity contribution in [2.45, 2.75) is 31.0 Å². The van der Waals surface area contributed by atoms with Crippen LogP contribution >= 0.6 is 0 Å². The number of rotatable bonds is 3. The third-order valence-corrected chi connectivity index (χ3v) is 8.10. The van der Waals surface area contributed by atoms with E-state index < -0.39 is 64.6 Å². The number of fused-ring (bicyclic) bond motifs is 3. The van der Waals surface area contributed by atoms with Crippen LogP contribution in [0, 0.1) is 17.8 Å². The van der Waals surface area contributed by atoms with E-state index in [9.17, 15) is 44.4 Å². The maximum atomic E-state index is 13.7. The van der Waals surface area contributed by atoms with Gasteiger partial charge in [-0.25, -0.2) is 4.79 Å². The monoisotopic (exact) mass is 550 g/mol. The number of aliphatic hydroxyl groups is 3. The fourth-order valence-corrected chi connectivity index (χ4v) is 6.21.